The summed E-state index contributed by atoms with van der Waals surface area (Å²) in [6.07, 6.45) is 2.45. The van der Waals surface area contributed by atoms with Crippen molar-refractivity contribution in [2.75, 3.05) is 20.3 Å². The molecule has 0 aromatic heterocycles. The van der Waals surface area contributed by atoms with Crippen LogP contribution in [-0.2, 0) is 16.0 Å². The van der Waals surface area contributed by atoms with Gasteiger partial charge in [-0.2, -0.15) is 0 Å². The third-order valence-electron chi connectivity index (χ3n) is 5.52. The molecule has 0 saturated carbocycles. The van der Waals surface area contributed by atoms with Crippen molar-refractivity contribution in [2.24, 2.45) is 0 Å². The van der Waals surface area contributed by atoms with Crippen molar-refractivity contribution >= 4 is 11.8 Å². The number of hydrogen-bond acceptors (Lipinski definition) is 4. The molecule has 2 amide bonds. The van der Waals surface area contributed by atoms with Crippen LogP contribution in [0.4, 0.5) is 0 Å². The predicted molar refractivity (Wildman–Crippen MR) is 127 cm³/mol. The molecule has 0 saturated heterocycles. The molecule has 1 N–H and O–H groups in total. The minimum absolute atomic E-state index is 0.0361. The van der Waals surface area contributed by atoms with Crippen LogP contribution in [0.15, 0.2) is 54.6 Å². The van der Waals surface area contributed by atoms with Crippen molar-refractivity contribution < 1.29 is 19.1 Å². The van der Waals surface area contributed by atoms with Crippen molar-refractivity contribution in [1.82, 2.24) is 10.2 Å². The SMILES string of the molecule is CC[C@H](C)NC(=O)[C@@H](C)N(CCc1ccccc1)C(=O)CCCOc1ccc(OC)cc1. The van der Waals surface area contributed by atoms with Crippen LogP contribution in [0, 0.1) is 0 Å². The Hall–Kier alpha value is -3.02. The standard InChI is InChI=1S/C26H36N2O4/c1-5-20(2)27-26(30)21(3)28(18-17-22-10-7-6-8-11-22)25(29)12-9-19-32-24-15-13-23(31-4)14-16-24/h6-8,10-11,13-16,20-21H,5,9,12,17-19H2,1-4H3,(H,27,30)/t20-,21+/m0/s1. The molecule has 6 heteroatoms. The molecule has 0 unspecified atom stereocenters. The van der Waals surface area contributed by atoms with Crippen molar-refractivity contribution in [3.05, 3.63) is 60.2 Å². The number of carbonyl (C=O) groups is 2. The van der Waals surface area contributed by atoms with Crippen LogP contribution in [0.25, 0.3) is 0 Å². The van der Waals surface area contributed by atoms with Gasteiger partial charge in [0.2, 0.25) is 11.8 Å². The third kappa shape index (κ3) is 8.25. The van der Waals surface area contributed by atoms with E-state index in [1.165, 1.54) is 0 Å². The second-order valence-corrected chi connectivity index (χ2v) is 7.94. The van der Waals surface area contributed by atoms with Gasteiger partial charge in [0.05, 0.1) is 13.7 Å². The van der Waals surface area contributed by atoms with Crippen molar-refractivity contribution in [1.29, 1.82) is 0 Å². The normalized spacial score (nSPS) is 12.5. The summed E-state index contributed by atoms with van der Waals surface area (Å²) in [5.74, 6) is 1.35. The zero-order valence-corrected chi connectivity index (χ0v) is 19.7. The highest BCUT2D eigenvalue weighted by atomic mass is 16.5. The number of hydrogen-bond donors (Lipinski definition) is 1. The van der Waals surface area contributed by atoms with Crippen LogP contribution in [0.5, 0.6) is 11.5 Å². The van der Waals surface area contributed by atoms with E-state index in [2.05, 4.69) is 5.32 Å². The minimum atomic E-state index is -0.525. The van der Waals surface area contributed by atoms with Gasteiger partial charge < -0.3 is 19.7 Å². The smallest absolute Gasteiger partial charge is 0.242 e. The zero-order valence-electron chi connectivity index (χ0n) is 19.7. The van der Waals surface area contributed by atoms with Gasteiger partial charge in [-0.15, -0.1) is 0 Å². The average molecular weight is 441 g/mol. The van der Waals surface area contributed by atoms with E-state index in [4.69, 9.17) is 9.47 Å². The summed E-state index contributed by atoms with van der Waals surface area (Å²) < 4.78 is 10.9. The molecule has 0 bridgehead atoms. The second-order valence-electron chi connectivity index (χ2n) is 7.94. The molecule has 2 atom stereocenters. The van der Waals surface area contributed by atoms with E-state index >= 15 is 0 Å². The zero-order chi connectivity index (χ0) is 23.3. The molecule has 6 nitrogen and oxygen atoms in total. The van der Waals surface area contributed by atoms with E-state index in [-0.39, 0.29) is 17.9 Å². The quantitative estimate of drug-likeness (QED) is 0.474. The molecule has 0 radical (unpaired) electrons. The van der Waals surface area contributed by atoms with Gasteiger partial charge in [0, 0.05) is 19.0 Å². The number of carbonyl (C=O) groups excluding carboxylic acids is 2. The highest BCUT2D eigenvalue weighted by molar-refractivity contribution is 5.87. The third-order valence-corrected chi connectivity index (χ3v) is 5.52. The Bertz CT molecular complexity index is 823. The fraction of sp³-hybridized carbons (Fsp3) is 0.462. The summed E-state index contributed by atoms with van der Waals surface area (Å²) in [4.78, 5) is 27.4. The molecular formula is C26H36N2O4. The fourth-order valence-electron chi connectivity index (χ4n) is 3.26. The summed E-state index contributed by atoms with van der Waals surface area (Å²) in [6, 6.07) is 16.9. The van der Waals surface area contributed by atoms with Gasteiger partial charge in [-0.25, -0.2) is 0 Å². The number of amides is 2. The van der Waals surface area contributed by atoms with Gasteiger partial charge in [0.15, 0.2) is 0 Å². The summed E-state index contributed by atoms with van der Waals surface area (Å²) in [5, 5.41) is 2.99. The molecule has 2 rings (SSSR count). The first-order valence-electron chi connectivity index (χ1n) is 11.3. The van der Waals surface area contributed by atoms with Gasteiger partial charge in [-0.3, -0.25) is 9.59 Å². The maximum Gasteiger partial charge on any atom is 0.242 e. The molecule has 2 aromatic carbocycles. The van der Waals surface area contributed by atoms with Crippen molar-refractivity contribution in [2.45, 2.75) is 58.5 Å². The van der Waals surface area contributed by atoms with E-state index in [1.54, 1.807) is 18.9 Å². The lowest BCUT2D eigenvalue weighted by Gasteiger charge is -2.29. The van der Waals surface area contributed by atoms with Gasteiger partial charge in [-0.05, 0) is 62.9 Å². The lowest BCUT2D eigenvalue weighted by atomic mass is 10.1. The van der Waals surface area contributed by atoms with Crippen LogP contribution in [0.3, 0.4) is 0 Å². The minimum Gasteiger partial charge on any atom is -0.497 e. The highest BCUT2D eigenvalue weighted by Gasteiger charge is 2.26. The van der Waals surface area contributed by atoms with E-state index in [0.717, 1.165) is 23.5 Å². The predicted octanol–water partition coefficient (Wildman–Crippen LogP) is 4.23. The lowest BCUT2D eigenvalue weighted by Crippen LogP contribution is -2.50. The first-order valence-corrected chi connectivity index (χ1v) is 11.3. The van der Waals surface area contributed by atoms with Crippen molar-refractivity contribution in [3.8, 4) is 11.5 Å². The summed E-state index contributed by atoms with van der Waals surface area (Å²) in [6.45, 7) is 6.72. The molecule has 0 aliphatic heterocycles. The lowest BCUT2D eigenvalue weighted by molar-refractivity contribution is -0.140. The number of nitrogens with one attached hydrogen (secondary N) is 1. The van der Waals surface area contributed by atoms with E-state index in [9.17, 15) is 9.59 Å². The highest BCUT2D eigenvalue weighted by Crippen LogP contribution is 2.17. The van der Waals surface area contributed by atoms with Gasteiger partial charge in [0.25, 0.3) is 0 Å². The molecule has 0 spiro atoms. The van der Waals surface area contributed by atoms with Crippen LogP contribution >= 0.6 is 0 Å². The maximum absolute atomic E-state index is 13.0. The number of rotatable bonds is 13. The summed E-state index contributed by atoms with van der Waals surface area (Å²) in [5.41, 5.74) is 1.14. The van der Waals surface area contributed by atoms with E-state index in [0.29, 0.717) is 32.4 Å². The Balaban J connectivity index is 1.92. The Morgan fingerprint density at radius 3 is 2.28 bits per heavy atom. The molecule has 2 aromatic rings. The summed E-state index contributed by atoms with van der Waals surface area (Å²) in [7, 11) is 1.62. The number of methoxy groups -OCH3 is 1. The first-order chi connectivity index (χ1) is 15.4. The van der Waals surface area contributed by atoms with E-state index < -0.39 is 6.04 Å². The Labute approximate surface area is 191 Å². The molecule has 0 heterocycles. The van der Waals surface area contributed by atoms with Crippen LogP contribution in [0.1, 0.15) is 45.6 Å². The van der Waals surface area contributed by atoms with Gasteiger partial charge >= 0.3 is 0 Å². The number of nitrogens with zero attached hydrogens (tertiary/aromatic N) is 1. The molecular weight excluding hydrogens is 404 g/mol. The maximum atomic E-state index is 13.0. The van der Waals surface area contributed by atoms with Gasteiger partial charge in [-0.1, -0.05) is 37.3 Å². The van der Waals surface area contributed by atoms with Crippen LogP contribution in [0.2, 0.25) is 0 Å². The first kappa shape index (κ1) is 25.2. The van der Waals surface area contributed by atoms with E-state index in [1.807, 2.05) is 68.4 Å². The van der Waals surface area contributed by atoms with Crippen molar-refractivity contribution in [3.63, 3.8) is 0 Å². The summed E-state index contributed by atoms with van der Waals surface area (Å²) >= 11 is 0. The van der Waals surface area contributed by atoms with Crippen LogP contribution in [-0.4, -0.2) is 49.1 Å². The topological polar surface area (TPSA) is 67.9 Å². The monoisotopic (exact) mass is 440 g/mol. The van der Waals surface area contributed by atoms with Crippen LogP contribution < -0.4 is 14.8 Å². The molecule has 0 aliphatic rings. The second kappa shape index (κ2) is 13.4. The molecule has 32 heavy (non-hydrogen) atoms. The molecule has 174 valence electrons. The Morgan fingerprint density at radius 2 is 1.66 bits per heavy atom. The molecule has 0 aliphatic carbocycles. The molecule has 0 fully saturated rings. The Morgan fingerprint density at radius 1 is 1.00 bits per heavy atom. The number of benzene rings is 2. The average Bonchev–Trinajstić information content (AvgIpc) is 2.82. The largest absolute Gasteiger partial charge is 0.497 e. The number of ether oxygens (including phenoxy) is 2. The fourth-order valence-corrected chi connectivity index (χ4v) is 3.26. The Kier molecular flexibility index (Phi) is 10.6. The van der Waals surface area contributed by atoms with Gasteiger partial charge in [0.1, 0.15) is 17.5 Å².